The number of aromatic nitrogens is 1. The van der Waals surface area contributed by atoms with Gasteiger partial charge in [0.1, 0.15) is 4.21 Å². The van der Waals surface area contributed by atoms with Crippen LogP contribution in [0.15, 0.2) is 21.7 Å². The van der Waals surface area contributed by atoms with Gasteiger partial charge in [-0.05, 0) is 25.5 Å². The minimum absolute atomic E-state index is 0. The molecule has 0 saturated heterocycles. The number of aryl methyl sites for hydroxylation is 1. The highest BCUT2D eigenvalue weighted by Crippen LogP contribution is 2.31. The number of hydrogen-bond acceptors (Lipinski definition) is 6. The number of sulfonamides is 1. The van der Waals surface area contributed by atoms with Gasteiger partial charge in [0, 0.05) is 18.0 Å². The predicted molar refractivity (Wildman–Crippen MR) is 100 cm³/mol. The molecule has 23 heavy (non-hydrogen) atoms. The van der Waals surface area contributed by atoms with Gasteiger partial charge in [-0.25, -0.2) is 18.1 Å². The van der Waals surface area contributed by atoms with E-state index in [-0.39, 0.29) is 18.4 Å². The van der Waals surface area contributed by atoms with Gasteiger partial charge in [0.25, 0.3) is 0 Å². The Labute approximate surface area is 151 Å². The Bertz CT molecular complexity index is 712. The Balaban J connectivity index is 0.00000264. The summed E-state index contributed by atoms with van der Waals surface area (Å²) in [7, 11) is -3.52. The van der Waals surface area contributed by atoms with Crippen molar-refractivity contribution in [3.8, 4) is 10.6 Å². The first-order valence-electron chi connectivity index (χ1n) is 7.21. The molecule has 2 heterocycles. The maximum Gasteiger partial charge on any atom is 0.250 e. The molecular weight excluding hydrogens is 374 g/mol. The third-order valence-corrected chi connectivity index (χ3v) is 7.12. The van der Waals surface area contributed by atoms with Crippen molar-refractivity contribution in [3.63, 3.8) is 0 Å². The molecule has 0 aliphatic rings. The van der Waals surface area contributed by atoms with Gasteiger partial charge in [0.05, 0.1) is 15.6 Å². The summed E-state index contributed by atoms with van der Waals surface area (Å²) in [5.74, 6) is 0. The SMILES string of the molecule is CCCCC(CN)NS(=O)(=O)c1ccc(-c2csc(C)n2)s1.Cl. The highest BCUT2D eigenvalue weighted by molar-refractivity contribution is 7.91. The molecule has 2 aromatic heterocycles. The molecule has 0 aromatic carbocycles. The number of unbranched alkanes of at least 4 members (excludes halogenated alkanes) is 1. The Kier molecular flexibility index (Phi) is 8.12. The number of nitrogens with one attached hydrogen (secondary N) is 1. The van der Waals surface area contributed by atoms with E-state index in [1.807, 2.05) is 12.3 Å². The second kappa shape index (κ2) is 9.10. The molecule has 0 radical (unpaired) electrons. The molecule has 9 heteroatoms. The molecule has 0 fully saturated rings. The summed E-state index contributed by atoms with van der Waals surface area (Å²) in [6.07, 6.45) is 2.73. The standard InChI is InChI=1S/C14H21N3O2S3.ClH/c1-3-4-5-11(8-15)17-22(18,19)14-7-6-13(21-14)12-9-20-10(2)16-12;/h6-7,9,11,17H,3-5,8,15H2,1-2H3;1H. The van der Waals surface area contributed by atoms with E-state index in [9.17, 15) is 8.42 Å². The second-order valence-electron chi connectivity index (χ2n) is 5.07. The zero-order chi connectivity index (χ0) is 16.2. The average Bonchev–Trinajstić information content (AvgIpc) is 3.12. The molecular formula is C14H22ClN3O2S3. The molecule has 1 unspecified atom stereocenters. The molecule has 0 amide bonds. The van der Waals surface area contributed by atoms with E-state index in [1.165, 1.54) is 11.3 Å². The van der Waals surface area contributed by atoms with Crippen LogP contribution in [0.5, 0.6) is 0 Å². The Morgan fingerprint density at radius 3 is 2.70 bits per heavy atom. The Hall–Kier alpha value is -0.510. The number of thiazole rings is 1. The molecule has 2 aromatic rings. The van der Waals surface area contributed by atoms with Crippen molar-refractivity contribution in [2.45, 2.75) is 43.4 Å². The summed E-state index contributed by atoms with van der Waals surface area (Å²) in [6, 6.07) is 3.22. The first-order chi connectivity index (χ1) is 10.5. The number of nitrogens with two attached hydrogens (primary N) is 1. The monoisotopic (exact) mass is 395 g/mol. The molecule has 1 atom stereocenters. The zero-order valence-electron chi connectivity index (χ0n) is 13.1. The highest BCUT2D eigenvalue weighted by atomic mass is 35.5. The minimum atomic E-state index is -3.52. The van der Waals surface area contributed by atoms with Gasteiger partial charge >= 0.3 is 0 Å². The summed E-state index contributed by atoms with van der Waals surface area (Å²) >= 11 is 2.79. The van der Waals surface area contributed by atoms with Gasteiger partial charge in [-0.3, -0.25) is 0 Å². The van der Waals surface area contributed by atoms with Crippen LogP contribution in [-0.2, 0) is 10.0 Å². The van der Waals surface area contributed by atoms with Crippen molar-refractivity contribution in [2.24, 2.45) is 5.73 Å². The van der Waals surface area contributed by atoms with E-state index < -0.39 is 10.0 Å². The molecule has 0 bridgehead atoms. The molecule has 5 nitrogen and oxygen atoms in total. The molecule has 0 aliphatic heterocycles. The molecule has 3 N–H and O–H groups in total. The van der Waals surface area contributed by atoms with E-state index >= 15 is 0 Å². The number of thiophene rings is 1. The van der Waals surface area contributed by atoms with E-state index in [2.05, 4.69) is 16.6 Å². The summed E-state index contributed by atoms with van der Waals surface area (Å²) in [5, 5.41) is 2.91. The van der Waals surface area contributed by atoms with Gasteiger partial charge in [-0.1, -0.05) is 19.8 Å². The van der Waals surface area contributed by atoms with Gasteiger partial charge in [0.2, 0.25) is 10.0 Å². The van der Waals surface area contributed by atoms with Gasteiger partial charge in [-0.15, -0.1) is 35.1 Å². The fourth-order valence-corrected chi connectivity index (χ4v) is 5.29. The van der Waals surface area contributed by atoms with E-state index in [4.69, 9.17) is 5.73 Å². The largest absolute Gasteiger partial charge is 0.329 e. The summed E-state index contributed by atoms with van der Waals surface area (Å²) < 4.78 is 27.9. The minimum Gasteiger partial charge on any atom is -0.329 e. The predicted octanol–water partition coefficient (Wildman–Crippen LogP) is 3.40. The van der Waals surface area contributed by atoms with Crippen molar-refractivity contribution in [3.05, 3.63) is 22.5 Å². The van der Waals surface area contributed by atoms with Crippen LogP contribution in [0.3, 0.4) is 0 Å². The van der Waals surface area contributed by atoms with Crippen LogP contribution in [-0.4, -0.2) is 26.0 Å². The van der Waals surface area contributed by atoms with Crippen LogP contribution >= 0.6 is 35.1 Å². The maximum atomic E-state index is 12.4. The fourth-order valence-electron chi connectivity index (χ4n) is 2.03. The lowest BCUT2D eigenvalue weighted by molar-refractivity contribution is 0.517. The quantitative estimate of drug-likeness (QED) is 0.717. The number of halogens is 1. The number of rotatable bonds is 8. The van der Waals surface area contributed by atoms with Crippen LogP contribution in [0.4, 0.5) is 0 Å². The summed E-state index contributed by atoms with van der Waals surface area (Å²) in [5.41, 5.74) is 6.49. The Morgan fingerprint density at radius 1 is 1.39 bits per heavy atom. The summed E-state index contributed by atoms with van der Waals surface area (Å²) in [4.78, 5) is 5.25. The normalized spacial score (nSPS) is 12.8. The fraction of sp³-hybridized carbons (Fsp3) is 0.500. The molecule has 2 rings (SSSR count). The van der Waals surface area contributed by atoms with Crippen LogP contribution in [0.25, 0.3) is 10.6 Å². The lowest BCUT2D eigenvalue weighted by atomic mass is 10.1. The van der Waals surface area contributed by atoms with Crippen molar-refractivity contribution in [2.75, 3.05) is 6.54 Å². The van der Waals surface area contributed by atoms with Crippen LogP contribution in [0.1, 0.15) is 31.2 Å². The Morgan fingerprint density at radius 2 is 2.13 bits per heavy atom. The van der Waals surface area contributed by atoms with Crippen LogP contribution < -0.4 is 10.5 Å². The third-order valence-electron chi connectivity index (χ3n) is 3.23. The lowest BCUT2D eigenvalue weighted by Crippen LogP contribution is -2.39. The first kappa shape index (κ1) is 20.5. The van der Waals surface area contributed by atoms with E-state index in [0.717, 1.165) is 34.8 Å². The maximum absolute atomic E-state index is 12.4. The van der Waals surface area contributed by atoms with Crippen molar-refractivity contribution < 1.29 is 8.42 Å². The summed E-state index contributed by atoms with van der Waals surface area (Å²) in [6.45, 7) is 4.31. The van der Waals surface area contributed by atoms with Gasteiger partial charge < -0.3 is 5.73 Å². The molecule has 0 saturated carbocycles. The van der Waals surface area contributed by atoms with E-state index in [0.29, 0.717) is 10.8 Å². The first-order valence-corrected chi connectivity index (χ1v) is 10.4. The topological polar surface area (TPSA) is 85.1 Å². The molecule has 0 spiro atoms. The second-order valence-corrected chi connectivity index (χ2v) is 9.15. The van der Waals surface area contributed by atoms with Crippen molar-refractivity contribution in [1.82, 2.24) is 9.71 Å². The van der Waals surface area contributed by atoms with Crippen molar-refractivity contribution >= 4 is 45.1 Å². The lowest BCUT2D eigenvalue weighted by Gasteiger charge is -2.15. The van der Waals surface area contributed by atoms with Crippen molar-refractivity contribution in [1.29, 1.82) is 0 Å². The third kappa shape index (κ3) is 5.51. The van der Waals surface area contributed by atoms with E-state index in [1.54, 1.807) is 23.5 Å². The zero-order valence-corrected chi connectivity index (χ0v) is 16.4. The van der Waals surface area contributed by atoms with Gasteiger partial charge in [-0.2, -0.15) is 0 Å². The molecule has 130 valence electrons. The van der Waals surface area contributed by atoms with Crippen LogP contribution in [0, 0.1) is 6.92 Å². The van der Waals surface area contributed by atoms with Gasteiger partial charge in [0.15, 0.2) is 0 Å². The highest BCUT2D eigenvalue weighted by Gasteiger charge is 2.21. The smallest absolute Gasteiger partial charge is 0.250 e. The average molecular weight is 396 g/mol. The van der Waals surface area contributed by atoms with Crippen LogP contribution in [0.2, 0.25) is 0 Å². The number of nitrogens with zero attached hydrogens (tertiary/aromatic N) is 1. The number of hydrogen-bond donors (Lipinski definition) is 2. The molecule has 0 aliphatic carbocycles.